The number of nitrogens with zero attached hydrogens (tertiary/aromatic N) is 2. The molecule has 18 heavy (non-hydrogen) atoms. The van der Waals surface area contributed by atoms with E-state index >= 15 is 0 Å². The van der Waals surface area contributed by atoms with Crippen LogP contribution in [0.2, 0.25) is 0 Å². The lowest BCUT2D eigenvalue weighted by Gasteiger charge is -1.96. The van der Waals surface area contributed by atoms with E-state index in [1.807, 2.05) is 44.2 Å². The monoisotopic (exact) mass is 232 g/mol. The van der Waals surface area contributed by atoms with Gasteiger partial charge in [-0.05, 0) is 55.7 Å². The molecule has 2 heteroatoms. The van der Waals surface area contributed by atoms with E-state index in [0.29, 0.717) is 5.56 Å². The molecule has 86 valence electrons. The van der Waals surface area contributed by atoms with Gasteiger partial charge in [-0.3, -0.25) is 0 Å². The van der Waals surface area contributed by atoms with Crippen molar-refractivity contribution < 1.29 is 0 Å². The van der Waals surface area contributed by atoms with Crippen molar-refractivity contribution in [3.8, 4) is 17.9 Å². The number of pyridine rings is 1. The van der Waals surface area contributed by atoms with Crippen molar-refractivity contribution in [2.45, 2.75) is 13.8 Å². The molecular weight excluding hydrogens is 220 g/mol. The molecule has 0 aliphatic rings. The van der Waals surface area contributed by atoms with Crippen LogP contribution in [0.1, 0.15) is 28.1 Å². The first-order valence-corrected chi connectivity index (χ1v) is 5.65. The molecule has 1 aromatic carbocycles. The van der Waals surface area contributed by atoms with Gasteiger partial charge in [0, 0.05) is 11.3 Å². The van der Waals surface area contributed by atoms with Gasteiger partial charge in [-0.1, -0.05) is 12.0 Å². The Balaban J connectivity index is 2.36. The maximum absolute atomic E-state index is 8.90. The Labute approximate surface area is 107 Å². The molecule has 1 heterocycles. The van der Waals surface area contributed by atoms with Crippen LogP contribution in [0.5, 0.6) is 0 Å². The molecule has 2 rings (SSSR count). The van der Waals surface area contributed by atoms with Crippen molar-refractivity contribution in [1.29, 1.82) is 5.26 Å². The molecule has 0 unspecified atom stereocenters. The third-order valence-electron chi connectivity index (χ3n) is 2.43. The minimum absolute atomic E-state index is 0.636. The molecular formula is C16H12N2. The normalized spacial score (nSPS) is 9.17. The molecule has 0 fully saturated rings. The second-order valence-corrected chi connectivity index (χ2v) is 4.11. The van der Waals surface area contributed by atoms with Crippen LogP contribution in [0, 0.1) is 37.0 Å². The summed E-state index contributed by atoms with van der Waals surface area (Å²) in [5, 5.41) is 8.90. The van der Waals surface area contributed by atoms with Gasteiger partial charge in [-0.2, -0.15) is 5.26 Å². The maximum atomic E-state index is 8.90. The van der Waals surface area contributed by atoms with Crippen molar-refractivity contribution in [2.24, 2.45) is 0 Å². The highest BCUT2D eigenvalue weighted by Crippen LogP contribution is 2.08. The summed E-state index contributed by atoms with van der Waals surface area (Å²) in [6, 6.07) is 13.5. The van der Waals surface area contributed by atoms with Gasteiger partial charge >= 0.3 is 0 Å². The van der Waals surface area contributed by atoms with Gasteiger partial charge in [0.1, 0.15) is 5.69 Å². The molecule has 0 radical (unpaired) electrons. The van der Waals surface area contributed by atoms with Gasteiger partial charge in [0.05, 0.1) is 11.6 Å². The van der Waals surface area contributed by atoms with E-state index in [-0.39, 0.29) is 0 Å². The minimum atomic E-state index is 0.636. The smallest absolute Gasteiger partial charge is 0.113 e. The van der Waals surface area contributed by atoms with E-state index < -0.39 is 0 Å². The number of hydrogen-bond donors (Lipinski definition) is 0. The van der Waals surface area contributed by atoms with E-state index in [4.69, 9.17) is 5.26 Å². The summed E-state index contributed by atoms with van der Waals surface area (Å²) in [7, 11) is 0. The van der Waals surface area contributed by atoms with Gasteiger partial charge in [-0.15, -0.1) is 0 Å². The Morgan fingerprint density at radius 2 is 1.78 bits per heavy atom. The fourth-order valence-electron chi connectivity index (χ4n) is 1.67. The van der Waals surface area contributed by atoms with Crippen molar-refractivity contribution in [3.05, 3.63) is 64.5 Å². The lowest BCUT2D eigenvalue weighted by Crippen LogP contribution is -1.86. The Bertz CT molecular complexity index is 682. The van der Waals surface area contributed by atoms with Crippen LogP contribution in [0.15, 0.2) is 36.4 Å². The van der Waals surface area contributed by atoms with E-state index in [1.54, 1.807) is 6.07 Å². The number of hydrogen-bond acceptors (Lipinski definition) is 2. The van der Waals surface area contributed by atoms with Crippen LogP contribution in [-0.4, -0.2) is 4.98 Å². The molecule has 2 nitrogen and oxygen atoms in total. The first kappa shape index (κ1) is 11.9. The molecule has 2 aromatic rings. The van der Waals surface area contributed by atoms with Gasteiger partial charge in [0.25, 0.3) is 0 Å². The van der Waals surface area contributed by atoms with Crippen LogP contribution in [0.3, 0.4) is 0 Å². The summed E-state index contributed by atoms with van der Waals surface area (Å²) in [6.07, 6.45) is 0. The fourth-order valence-corrected chi connectivity index (χ4v) is 1.67. The second kappa shape index (κ2) is 5.17. The number of nitriles is 1. The summed E-state index contributed by atoms with van der Waals surface area (Å²) in [6.45, 7) is 3.89. The standard InChI is InChI=1S/C16H12N2/c1-12-8-14(10-15(9-12)11-17)6-7-16-5-3-4-13(2)18-16/h3-5,8-10H,1-2H3. The van der Waals surface area contributed by atoms with Crippen molar-refractivity contribution in [1.82, 2.24) is 4.98 Å². The van der Waals surface area contributed by atoms with Gasteiger partial charge in [-0.25, -0.2) is 4.98 Å². The first-order chi connectivity index (χ1) is 8.67. The van der Waals surface area contributed by atoms with Crippen molar-refractivity contribution in [2.75, 3.05) is 0 Å². The number of rotatable bonds is 0. The summed E-state index contributed by atoms with van der Waals surface area (Å²) in [5.74, 6) is 6.05. The van der Waals surface area contributed by atoms with Crippen LogP contribution < -0.4 is 0 Å². The zero-order chi connectivity index (χ0) is 13.0. The SMILES string of the molecule is Cc1cc(C#N)cc(C#Cc2cccc(C)n2)c1. The van der Waals surface area contributed by atoms with Crippen LogP contribution in [0.25, 0.3) is 0 Å². The van der Waals surface area contributed by atoms with Gasteiger partial charge in [0.2, 0.25) is 0 Å². The molecule has 0 atom stereocenters. The Morgan fingerprint density at radius 1 is 1.00 bits per heavy atom. The highest BCUT2D eigenvalue weighted by Gasteiger charge is 1.95. The fraction of sp³-hybridized carbons (Fsp3) is 0.125. The van der Waals surface area contributed by atoms with E-state index in [1.165, 1.54) is 0 Å². The van der Waals surface area contributed by atoms with Gasteiger partial charge in [0.15, 0.2) is 0 Å². The Kier molecular flexibility index (Phi) is 3.41. The van der Waals surface area contributed by atoms with E-state index in [0.717, 1.165) is 22.5 Å². The van der Waals surface area contributed by atoms with Crippen LogP contribution in [0.4, 0.5) is 0 Å². The van der Waals surface area contributed by atoms with Crippen LogP contribution in [-0.2, 0) is 0 Å². The third kappa shape index (κ3) is 2.97. The molecule has 0 saturated carbocycles. The molecule has 0 amide bonds. The summed E-state index contributed by atoms with van der Waals surface area (Å²) in [5.41, 5.74) is 4.21. The predicted molar refractivity (Wildman–Crippen MR) is 70.8 cm³/mol. The lowest BCUT2D eigenvalue weighted by molar-refractivity contribution is 1.18. The molecule has 1 aromatic heterocycles. The quantitative estimate of drug-likeness (QED) is 0.655. The average Bonchev–Trinajstić information content (AvgIpc) is 2.36. The van der Waals surface area contributed by atoms with Crippen molar-refractivity contribution in [3.63, 3.8) is 0 Å². The zero-order valence-electron chi connectivity index (χ0n) is 10.4. The molecule has 0 saturated heterocycles. The van der Waals surface area contributed by atoms with E-state index in [9.17, 15) is 0 Å². The largest absolute Gasteiger partial charge is 0.245 e. The molecule has 0 aliphatic heterocycles. The Hall–Kier alpha value is -2.58. The number of aromatic nitrogens is 1. The Morgan fingerprint density at radius 3 is 2.50 bits per heavy atom. The molecule has 0 spiro atoms. The number of aryl methyl sites for hydroxylation is 2. The van der Waals surface area contributed by atoms with E-state index in [2.05, 4.69) is 22.9 Å². The van der Waals surface area contributed by atoms with Gasteiger partial charge < -0.3 is 0 Å². The first-order valence-electron chi connectivity index (χ1n) is 5.65. The summed E-state index contributed by atoms with van der Waals surface area (Å²) < 4.78 is 0. The third-order valence-corrected chi connectivity index (χ3v) is 2.43. The van der Waals surface area contributed by atoms with Crippen molar-refractivity contribution >= 4 is 0 Å². The highest BCUT2D eigenvalue weighted by molar-refractivity contribution is 5.46. The molecule has 0 aliphatic carbocycles. The zero-order valence-corrected chi connectivity index (χ0v) is 10.4. The number of benzene rings is 1. The summed E-state index contributed by atoms with van der Waals surface area (Å²) in [4.78, 5) is 4.31. The minimum Gasteiger partial charge on any atom is -0.245 e. The molecule has 0 N–H and O–H groups in total. The maximum Gasteiger partial charge on any atom is 0.113 e. The molecule has 0 bridgehead atoms. The predicted octanol–water partition coefficient (Wildman–Crippen LogP) is 2.97. The topological polar surface area (TPSA) is 36.7 Å². The second-order valence-electron chi connectivity index (χ2n) is 4.11. The van der Waals surface area contributed by atoms with Crippen LogP contribution >= 0.6 is 0 Å². The summed E-state index contributed by atoms with van der Waals surface area (Å²) >= 11 is 0. The average molecular weight is 232 g/mol. The lowest BCUT2D eigenvalue weighted by atomic mass is 10.1. The highest BCUT2D eigenvalue weighted by atomic mass is 14.7.